The summed E-state index contributed by atoms with van der Waals surface area (Å²) in [4.78, 5) is 21.2. The van der Waals surface area contributed by atoms with Crippen LogP contribution in [-0.2, 0) is 4.79 Å². The smallest absolute Gasteiger partial charge is 0.234 e. The van der Waals surface area contributed by atoms with Gasteiger partial charge in [0.15, 0.2) is 0 Å². The number of para-hydroxylation sites is 1. The van der Waals surface area contributed by atoms with E-state index >= 15 is 0 Å². The number of nitrogens with zero attached hydrogens (tertiary/aromatic N) is 2. The second kappa shape index (κ2) is 8.19. The van der Waals surface area contributed by atoms with Crippen LogP contribution in [0.25, 0.3) is 10.9 Å². The Labute approximate surface area is 174 Å². The van der Waals surface area contributed by atoms with Gasteiger partial charge in [-0.25, -0.2) is 9.97 Å². The summed E-state index contributed by atoms with van der Waals surface area (Å²) in [5, 5.41) is 4.97. The molecule has 1 amide bonds. The molecule has 0 aliphatic carbocycles. The molecule has 0 aliphatic rings. The minimum absolute atomic E-state index is 0.108. The third-order valence-corrected chi connectivity index (χ3v) is 5.96. The van der Waals surface area contributed by atoms with Crippen LogP contribution in [0.3, 0.4) is 0 Å². The fraction of sp³-hybridized carbons (Fsp3) is 0.118. The summed E-state index contributed by atoms with van der Waals surface area (Å²) in [5.74, 6) is 0.439. The number of aryl methyl sites for hydroxylation is 1. The number of carbonyl (C=O) groups excluding carboxylic acids is 1. The number of rotatable bonds is 4. The first-order valence-corrected chi connectivity index (χ1v) is 9.85. The van der Waals surface area contributed by atoms with Crippen LogP contribution in [0, 0.1) is 6.92 Å². The van der Waals surface area contributed by atoms with Crippen LogP contribution < -0.4 is 5.32 Å². The van der Waals surface area contributed by atoms with Crippen molar-refractivity contribution in [1.29, 1.82) is 0 Å². The molecule has 1 heterocycles. The highest BCUT2D eigenvalue weighted by Crippen LogP contribution is 2.41. The van der Waals surface area contributed by atoms with Gasteiger partial charge >= 0.3 is 0 Å². The Kier molecular flexibility index (Phi) is 6.15. The molecule has 0 atom stereocenters. The molecule has 0 fully saturated rings. The molecule has 0 radical (unpaired) electrons. The Balaban J connectivity index is 1.79. The lowest BCUT2D eigenvalue weighted by molar-refractivity contribution is -0.113. The molecule has 0 spiro atoms. The van der Waals surface area contributed by atoms with Gasteiger partial charge in [0.05, 0.1) is 37.0 Å². The largest absolute Gasteiger partial charge is 0.323 e. The third-order valence-electron chi connectivity index (χ3n) is 3.40. The fourth-order valence-electron chi connectivity index (χ4n) is 2.26. The van der Waals surface area contributed by atoms with Gasteiger partial charge < -0.3 is 5.32 Å². The lowest BCUT2D eigenvalue weighted by Crippen LogP contribution is -2.15. The molecule has 0 saturated heterocycles. The van der Waals surface area contributed by atoms with Crippen molar-refractivity contribution in [1.82, 2.24) is 9.97 Å². The molecule has 0 unspecified atom stereocenters. The van der Waals surface area contributed by atoms with E-state index in [0.29, 0.717) is 5.82 Å². The number of amides is 1. The van der Waals surface area contributed by atoms with Crippen molar-refractivity contribution in [3.63, 3.8) is 0 Å². The first kappa shape index (κ1) is 19.5. The molecule has 1 N–H and O–H groups in total. The van der Waals surface area contributed by atoms with E-state index in [1.54, 1.807) is 0 Å². The third kappa shape index (κ3) is 4.18. The minimum atomic E-state index is -0.308. The number of carbonyl (C=O) groups is 1. The normalized spacial score (nSPS) is 11.0. The number of nitrogens with one attached hydrogen (secondary N) is 1. The second-order valence-corrected chi connectivity index (χ2v) is 7.81. The quantitative estimate of drug-likeness (QED) is 0.291. The summed E-state index contributed by atoms with van der Waals surface area (Å²) < 4.78 is 0. The number of aromatic nitrogens is 2. The zero-order valence-electron chi connectivity index (χ0n) is 13.3. The Morgan fingerprint density at radius 3 is 2.42 bits per heavy atom. The molecule has 3 aromatic rings. The summed E-state index contributed by atoms with van der Waals surface area (Å²) in [6.07, 6.45) is 0. The van der Waals surface area contributed by atoms with E-state index in [-0.39, 0.29) is 37.4 Å². The first-order valence-electron chi connectivity index (χ1n) is 7.36. The van der Waals surface area contributed by atoms with Gasteiger partial charge in [-0.1, -0.05) is 76.4 Å². The van der Waals surface area contributed by atoms with Crippen LogP contribution in [0.1, 0.15) is 5.82 Å². The topological polar surface area (TPSA) is 54.9 Å². The standard InChI is InChI=1S/C17H11Cl4N3OS/c1-8-22-12-5-3-2-4-9(12)17(23-8)26-7-13(25)24-16-14(20)10(18)6-11(19)15(16)21/h2-6H,7H2,1H3,(H,24,25). The highest BCUT2D eigenvalue weighted by atomic mass is 35.5. The summed E-state index contributed by atoms with van der Waals surface area (Å²) in [7, 11) is 0. The van der Waals surface area contributed by atoms with E-state index in [1.165, 1.54) is 17.8 Å². The molecule has 9 heteroatoms. The van der Waals surface area contributed by atoms with Gasteiger partial charge in [-0.2, -0.15) is 0 Å². The van der Waals surface area contributed by atoms with E-state index < -0.39 is 0 Å². The number of benzene rings is 2. The van der Waals surface area contributed by atoms with Crippen molar-refractivity contribution >= 4 is 80.7 Å². The zero-order valence-corrected chi connectivity index (χ0v) is 17.2. The van der Waals surface area contributed by atoms with Crippen molar-refractivity contribution in [3.05, 3.63) is 56.2 Å². The Morgan fingerprint density at radius 2 is 1.73 bits per heavy atom. The van der Waals surface area contributed by atoms with E-state index in [4.69, 9.17) is 46.4 Å². The molecule has 2 aromatic carbocycles. The number of hydrogen-bond donors (Lipinski definition) is 1. The maximum absolute atomic E-state index is 12.4. The number of hydrogen-bond acceptors (Lipinski definition) is 4. The van der Waals surface area contributed by atoms with Crippen LogP contribution in [0.15, 0.2) is 35.4 Å². The monoisotopic (exact) mass is 445 g/mol. The molecule has 4 nitrogen and oxygen atoms in total. The highest BCUT2D eigenvalue weighted by Gasteiger charge is 2.17. The van der Waals surface area contributed by atoms with Crippen LogP contribution in [0.4, 0.5) is 5.69 Å². The zero-order chi connectivity index (χ0) is 18.8. The molecule has 134 valence electrons. The Morgan fingerprint density at radius 1 is 1.08 bits per heavy atom. The van der Waals surface area contributed by atoms with Crippen molar-refractivity contribution in [2.75, 3.05) is 11.1 Å². The summed E-state index contributed by atoms with van der Waals surface area (Å²) in [6, 6.07) is 9.05. The maximum atomic E-state index is 12.4. The predicted octanol–water partition coefficient (Wildman–Crippen LogP) is 6.28. The summed E-state index contributed by atoms with van der Waals surface area (Å²) in [5.41, 5.74) is 1.02. The Bertz CT molecular complexity index is 987. The van der Waals surface area contributed by atoms with Gasteiger partial charge in [0.25, 0.3) is 0 Å². The van der Waals surface area contributed by atoms with Gasteiger partial charge in [0, 0.05) is 5.39 Å². The first-order chi connectivity index (χ1) is 12.4. The summed E-state index contributed by atoms with van der Waals surface area (Å²) >= 11 is 25.5. The lowest BCUT2D eigenvalue weighted by atomic mass is 10.2. The fourth-order valence-corrected chi connectivity index (χ4v) is 4.03. The van der Waals surface area contributed by atoms with Crippen molar-refractivity contribution < 1.29 is 4.79 Å². The SMILES string of the molecule is Cc1nc(SCC(=O)Nc2c(Cl)c(Cl)cc(Cl)c2Cl)c2ccccc2n1. The molecule has 0 aliphatic heterocycles. The Hall–Kier alpha value is -1.24. The van der Waals surface area contributed by atoms with Crippen molar-refractivity contribution in [3.8, 4) is 0 Å². The molecule has 0 bridgehead atoms. The lowest BCUT2D eigenvalue weighted by Gasteiger charge is -2.12. The van der Waals surface area contributed by atoms with Crippen LogP contribution in [0.5, 0.6) is 0 Å². The van der Waals surface area contributed by atoms with E-state index in [1.807, 2.05) is 31.2 Å². The van der Waals surface area contributed by atoms with Crippen LogP contribution in [-0.4, -0.2) is 21.6 Å². The van der Waals surface area contributed by atoms with Gasteiger partial charge in [-0.15, -0.1) is 0 Å². The average molecular weight is 447 g/mol. The highest BCUT2D eigenvalue weighted by molar-refractivity contribution is 8.00. The molecular formula is C17H11Cl4N3OS. The molecule has 1 aromatic heterocycles. The van der Waals surface area contributed by atoms with Gasteiger partial charge in [0.1, 0.15) is 10.9 Å². The molecule has 0 saturated carbocycles. The van der Waals surface area contributed by atoms with E-state index in [2.05, 4.69) is 15.3 Å². The summed E-state index contributed by atoms with van der Waals surface area (Å²) in [6.45, 7) is 1.81. The number of halogens is 4. The second-order valence-electron chi connectivity index (χ2n) is 5.27. The van der Waals surface area contributed by atoms with Gasteiger partial charge in [-0.3, -0.25) is 4.79 Å². The number of fused-ring (bicyclic) bond motifs is 1. The van der Waals surface area contributed by atoms with Crippen LogP contribution >= 0.6 is 58.2 Å². The van der Waals surface area contributed by atoms with E-state index in [0.717, 1.165) is 15.9 Å². The van der Waals surface area contributed by atoms with Crippen molar-refractivity contribution in [2.45, 2.75) is 11.9 Å². The average Bonchev–Trinajstić information content (AvgIpc) is 2.61. The number of thioether (sulfide) groups is 1. The minimum Gasteiger partial charge on any atom is -0.323 e. The number of anilines is 1. The predicted molar refractivity (Wildman–Crippen MR) is 110 cm³/mol. The molecule has 26 heavy (non-hydrogen) atoms. The van der Waals surface area contributed by atoms with Gasteiger partial charge in [-0.05, 0) is 19.1 Å². The molecule has 3 rings (SSSR count). The van der Waals surface area contributed by atoms with Gasteiger partial charge in [0.2, 0.25) is 5.91 Å². The van der Waals surface area contributed by atoms with Crippen LogP contribution in [0.2, 0.25) is 20.1 Å². The molecular weight excluding hydrogens is 436 g/mol. The maximum Gasteiger partial charge on any atom is 0.234 e. The van der Waals surface area contributed by atoms with E-state index in [9.17, 15) is 4.79 Å². The van der Waals surface area contributed by atoms with Crippen molar-refractivity contribution in [2.24, 2.45) is 0 Å².